The first-order chi connectivity index (χ1) is 14.7. The minimum Gasteiger partial charge on any atom is -0.374 e. The van der Waals surface area contributed by atoms with Gasteiger partial charge in [-0.15, -0.1) is 0 Å². The van der Waals surface area contributed by atoms with E-state index in [4.69, 9.17) is 0 Å². The van der Waals surface area contributed by atoms with Gasteiger partial charge in [0.1, 0.15) is 0 Å². The first-order valence-electron chi connectivity index (χ1n) is 10.2. The summed E-state index contributed by atoms with van der Waals surface area (Å²) in [7, 11) is -1.30. The summed E-state index contributed by atoms with van der Waals surface area (Å²) >= 11 is 0. The van der Waals surface area contributed by atoms with Crippen molar-refractivity contribution in [3.8, 4) is 0 Å². The number of carbonyl (C=O) groups excluding carboxylic acids is 2. The second-order valence-electron chi connectivity index (χ2n) is 7.86. The SMILES string of the molecule is CN(CC1CCN(C(=O)C(=O)Nc2ccc(NS(C)(=O)=O)cc2)CC1)c1ccccc1. The maximum absolute atomic E-state index is 12.5. The molecule has 1 fully saturated rings. The van der Waals surface area contributed by atoms with Gasteiger partial charge in [0, 0.05) is 43.7 Å². The molecular weight excluding hydrogens is 416 g/mol. The monoisotopic (exact) mass is 444 g/mol. The fraction of sp³-hybridized carbons (Fsp3) is 0.364. The van der Waals surface area contributed by atoms with Crippen molar-refractivity contribution in [1.82, 2.24) is 4.90 Å². The summed E-state index contributed by atoms with van der Waals surface area (Å²) in [5.74, 6) is -0.774. The normalized spacial score (nSPS) is 14.7. The molecule has 0 atom stereocenters. The van der Waals surface area contributed by atoms with Crippen molar-refractivity contribution >= 4 is 38.9 Å². The molecule has 2 aromatic rings. The Hall–Kier alpha value is -3.07. The zero-order valence-electron chi connectivity index (χ0n) is 17.7. The highest BCUT2D eigenvalue weighted by Crippen LogP contribution is 2.21. The molecule has 8 nitrogen and oxygen atoms in total. The molecule has 0 spiro atoms. The van der Waals surface area contributed by atoms with Gasteiger partial charge >= 0.3 is 11.8 Å². The number of nitrogens with one attached hydrogen (secondary N) is 2. The van der Waals surface area contributed by atoms with E-state index < -0.39 is 21.8 Å². The van der Waals surface area contributed by atoms with E-state index in [1.165, 1.54) is 12.1 Å². The van der Waals surface area contributed by atoms with Crippen molar-refractivity contribution in [3.63, 3.8) is 0 Å². The fourth-order valence-corrected chi connectivity index (χ4v) is 4.22. The lowest BCUT2D eigenvalue weighted by Gasteiger charge is -2.34. The van der Waals surface area contributed by atoms with Crippen LogP contribution in [-0.2, 0) is 19.6 Å². The summed E-state index contributed by atoms with van der Waals surface area (Å²) in [6.45, 7) is 2.01. The van der Waals surface area contributed by atoms with E-state index in [1.54, 1.807) is 17.0 Å². The molecule has 1 aliphatic heterocycles. The zero-order valence-corrected chi connectivity index (χ0v) is 18.6. The molecule has 2 amide bonds. The number of sulfonamides is 1. The minimum absolute atomic E-state index is 0.384. The second kappa shape index (κ2) is 9.82. The van der Waals surface area contributed by atoms with Crippen LogP contribution in [0.4, 0.5) is 17.1 Å². The van der Waals surface area contributed by atoms with Gasteiger partial charge in [-0.05, 0) is 55.2 Å². The number of hydrogen-bond acceptors (Lipinski definition) is 5. The second-order valence-corrected chi connectivity index (χ2v) is 9.61. The molecule has 1 saturated heterocycles. The third kappa shape index (κ3) is 6.71. The Morgan fingerprint density at radius 2 is 1.58 bits per heavy atom. The van der Waals surface area contributed by atoms with Gasteiger partial charge in [-0.25, -0.2) is 8.42 Å². The van der Waals surface area contributed by atoms with Crippen molar-refractivity contribution in [2.45, 2.75) is 12.8 Å². The van der Waals surface area contributed by atoms with Crippen LogP contribution in [0.1, 0.15) is 12.8 Å². The van der Waals surface area contributed by atoms with Crippen LogP contribution in [0.2, 0.25) is 0 Å². The molecule has 0 aliphatic carbocycles. The first kappa shape index (κ1) is 22.6. The van der Waals surface area contributed by atoms with Crippen LogP contribution in [-0.4, -0.2) is 58.1 Å². The van der Waals surface area contributed by atoms with E-state index in [-0.39, 0.29) is 0 Å². The summed E-state index contributed by atoms with van der Waals surface area (Å²) < 4.78 is 24.8. The molecule has 1 heterocycles. The number of para-hydroxylation sites is 1. The van der Waals surface area contributed by atoms with Crippen LogP contribution in [0.25, 0.3) is 0 Å². The highest BCUT2D eigenvalue weighted by Gasteiger charge is 2.27. The summed E-state index contributed by atoms with van der Waals surface area (Å²) in [5.41, 5.74) is 1.98. The Morgan fingerprint density at radius 1 is 1.00 bits per heavy atom. The smallest absolute Gasteiger partial charge is 0.313 e. The molecule has 0 unspecified atom stereocenters. The van der Waals surface area contributed by atoms with Crippen LogP contribution < -0.4 is 14.9 Å². The average Bonchev–Trinajstić information content (AvgIpc) is 2.74. The Morgan fingerprint density at radius 3 is 2.16 bits per heavy atom. The maximum Gasteiger partial charge on any atom is 0.313 e. The van der Waals surface area contributed by atoms with Crippen molar-refractivity contribution in [2.24, 2.45) is 5.92 Å². The number of nitrogens with zero attached hydrogens (tertiary/aromatic N) is 2. The number of piperidine rings is 1. The quantitative estimate of drug-likeness (QED) is 0.667. The molecule has 0 radical (unpaired) electrons. The summed E-state index contributed by atoms with van der Waals surface area (Å²) in [6, 6.07) is 16.3. The Bertz CT molecular complexity index is 1000. The number of hydrogen-bond donors (Lipinski definition) is 2. The number of amides is 2. The van der Waals surface area contributed by atoms with Crippen molar-refractivity contribution < 1.29 is 18.0 Å². The molecule has 2 aromatic carbocycles. The third-order valence-corrected chi connectivity index (χ3v) is 5.88. The van der Waals surface area contributed by atoms with Gasteiger partial charge < -0.3 is 15.1 Å². The number of anilines is 3. The first-order valence-corrected chi connectivity index (χ1v) is 12.0. The largest absolute Gasteiger partial charge is 0.374 e. The van der Waals surface area contributed by atoms with Crippen molar-refractivity contribution in [1.29, 1.82) is 0 Å². The molecule has 0 saturated carbocycles. The average molecular weight is 445 g/mol. The summed E-state index contributed by atoms with van der Waals surface area (Å²) in [5, 5.41) is 2.58. The number of likely N-dealkylation sites (tertiary alicyclic amines) is 1. The molecule has 0 aromatic heterocycles. The molecular formula is C22H28N4O4S. The van der Waals surface area contributed by atoms with Gasteiger partial charge in [0.25, 0.3) is 0 Å². The number of rotatable bonds is 6. The lowest BCUT2D eigenvalue weighted by atomic mass is 9.96. The van der Waals surface area contributed by atoms with Crippen LogP contribution in [0.5, 0.6) is 0 Å². The number of carbonyl (C=O) groups is 2. The van der Waals surface area contributed by atoms with E-state index in [0.29, 0.717) is 30.4 Å². The molecule has 2 N–H and O–H groups in total. The molecule has 31 heavy (non-hydrogen) atoms. The van der Waals surface area contributed by atoms with Crippen molar-refractivity contribution in [3.05, 3.63) is 54.6 Å². The summed E-state index contributed by atoms with van der Waals surface area (Å²) in [4.78, 5) is 28.7. The van der Waals surface area contributed by atoms with E-state index in [0.717, 1.165) is 31.3 Å². The van der Waals surface area contributed by atoms with Gasteiger partial charge in [-0.2, -0.15) is 0 Å². The van der Waals surface area contributed by atoms with Gasteiger partial charge in [0.15, 0.2) is 0 Å². The van der Waals surface area contributed by atoms with E-state index >= 15 is 0 Å². The molecule has 3 rings (SSSR count). The Kier molecular flexibility index (Phi) is 7.17. The molecule has 1 aliphatic rings. The standard InChI is InChI=1S/C22H28N4O4S/c1-25(20-6-4-3-5-7-20)16-17-12-14-26(15-13-17)22(28)21(27)23-18-8-10-19(11-9-18)24-31(2,29)30/h3-11,17,24H,12-16H2,1-2H3,(H,23,27). The Balaban J connectivity index is 1.47. The predicted molar refractivity (Wildman–Crippen MR) is 123 cm³/mol. The maximum atomic E-state index is 12.5. The Labute approximate surface area is 183 Å². The fourth-order valence-electron chi connectivity index (χ4n) is 3.66. The van der Waals surface area contributed by atoms with Gasteiger partial charge in [0.2, 0.25) is 10.0 Å². The van der Waals surface area contributed by atoms with Crippen molar-refractivity contribution in [2.75, 3.05) is 47.9 Å². The van der Waals surface area contributed by atoms with E-state index in [9.17, 15) is 18.0 Å². The molecule has 166 valence electrons. The van der Waals surface area contributed by atoms with Gasteiger partial charge in [0.05, 0.1) is 6.26 Å². The van der Waals surface area contributed by atoms with E-state index in [2.05, 4.69) is 34.1 Å². The highest BCUT2D eigenvalue weighted by molar-refractivity contribution is 7.92. The van der Waals surface area contributed by atoms with Crippen LogP contribution in [0, 0.1) is 5.92 Å². The van der Waals surface area contributed by atoms with Crippen LogP contribution in [0.3, 0.4) is 0 Å². The summed E-state index contributed by atoms with van der Waals surface area (Å²) in [6.07, 6.45) is 2.76. The zero-order chi connectivity index (χ0) is 22.4. The predicted octanol–water partition coefficient (Wildman–Crippen LogP) is 2.37. The third-order valence-electron chi connectivity index (χ3n) is 5.27. The van der Waals surface area contributed by atoms with Crippen LogP contribution in [0.15, 0.2) is 54.6 Å². The lowest BCUT2D eigenvalue weighted by Crippen LogP contribution is -2.45. The topological polar surface area (TPSA) is 98.8 Å². The molecule has 0 bridgehead atoms. The highest BCUT2D eigenvalue weighted by atomic mass is 32.2. The lowest BCUT2D eigenvalue weighted by molar-refractivity contribution is -0.144. The van der Waals surface area contributed by atoms with Gasteiger partial charge in [-0.3, -0.25) is 14.3 Å². The van der Waals surface area contributed by atoms with Crippen LogP contribution >= 0.6 is 0 Å². The van der Waals surface area contributed by atoms with E-state index in [1.807, 2.05) is 18.2 Å². The van der Waals surface area contributed by atoms with Gasteiger partial charge in [-0.1, -0.05) is 18.2 Å². The minimum atomic E-state index is -3.37. The number of benzene rings is 2. The molecule has 9 heteroatoms.